The molecular weight excluding hydrogens is 456 g/mol. The highest BCUT2D eigenvalue weighted by Crippen LogP contribution is 2.30. The predicted octanol–water partition coefficient (Wildman–Crippen LogP) is 2.66. The summed E-state index contributed by atoms with van der Waals surface area (Å²) in [4.78, 5) is 42.8. The van der Waals surface area contributed by atoms with Gasteiger partial charge in [-0.1, -0.05) is 43.2 Å². The normalized spacial score (nSPS) is 21.4. The third kappa shape index (κ3) is 5.70. The van der Waals surface area contributed by atoms with Crippen LogP contribution in [0.1, 0.15) is 53.2 Å². The van der Waals surface area contributed by atoms with E-state index < -0.39 is 11.9 Å². The number of rotatable bonds is 7. The van der Waals surface area contributed by atoms with E-state index in [4.69, 9.17) is 10.5 Å². The minimum atomic E-state index is -0.844. The van der Waals surface area contributed by atoms with E-state index in [1.807, 2.05) is 48.2 Å². The zero-order valence-electron chi connectivity index (χ0n) is 21.1. The van der Waals surface area contributed by atoms with Crippen LogP contribution in [-0.2, 0) is 9.59 Å². The predicted molar refractivity (Wildman–Crippen MR) is 137 cm³/mol. The fraction of sp³-hybridized carbons (Fsp3) is 0.464. The van der Waals surface area contributed by atoms with Gasteiger partial charge < -0.3 is 20.7 Å². The molecule has 2 aromatic rings. The number of carbonyl (C=O) groups excluding carboxylic acids is 3. The number of nitrogens with one attached hydrogen (secondary N) is 1. The van der Waals surface area contributed by atoms with Crippen molar-refractivity contribution < 1.29 is 19.1 Å². The van der Waals surface area contributed by atoms with Crippen LogP contribution in [0, 0.1) is 12.8 Å². The molecule has 1 aliphatic heterocycles. The zero-order chi connectivity index (χ0) is 25.7. The first-order valence-electron chi connectivity index (χ1n) is 12.7. The molecule has 8 heteroatoms. The smallest absolute Gasteiger partial charge is 0.253 e. The third-order valence-corrected chi connectivity index (χ3v) is 7.48. The van der Waals surface area contributed by atoms with Crippen LogP contribution in [0.3, 0.4) is 0 Å². The van der Waals surface area contributed by atoms with Crippen LogP contribution in [0.2, 0.25) is 0 Å². The van der Waals surface area contributed by atoms with Crippen molar-refractivity contribution in [3.05, 3.63) is 65.2 Å². The largest absolute Gasteiger partial charge is 0.496 e. The second kappa shape index (κ2) is 11.6. The molecule has 3 N–H and O–H groups in total. The Labute approximate surface area is 212 Å². The quantitative estimate of drug-likeness (QED) is 0.618. The minimum absolute atomic E-state index is 0.0190. The summed E-state index contributed by atoms with van der Waals surface area (Å²) in [7, 11) is 1.62. The zero-order valence-corrected chi connectivity index (χ0v) is 21.1. The van der Waals surface area contributed by atoms with Gasteiger partial charge in [-0.15, -0.1) is 0 Å². The van der Waals surface area contributed by atoms with E-state index >= 15 is 0 Å². The Morgan fingerprint density at radius 3 is 2.33 bits per heavy atom. The Bertz CT molecular complexity index is 1080. The van der Waals surface area contributed by atoms with Gasteiger partial charge in [-0.2, -0.15) is 0 Å². The van der Waals surface area contributed by atoms with Gasteiger partial charge in [0.2, 0.25) is 11.8 Å². The molecule has 0 radical (unpaired) electrons. The highest BCUT2D eigenvalue weighted by atomic mass is 16.5. The summed E-state index contributed by atoms with van der Waals surface area (Å²) >= 11 is 0. The first-order valence-corrected chi connectivity index (χ1v) is 12.7. The lowest BCUT2D eigenvalue weighted by Gasteiger charge is -2.44. The van der Waals surface area contributed by atoms with Crippen LogP contribution in [-0.4, -0.2) is 66.9 Å². The Hall–Kier alpha value is -3.39. The molecule has 1 saturated heterocycles. The SMILES string of the molecule is COc1ccc(C(=O)N2CCN([C@@H]3CCCC[C@H]3C(=O)N[C@H](C(N)=O)c3ccccc3)CC2)cc1C. The van der Waals surface area contributed by atoms with Gasteiger partial charge in [0.15, 0.2) is 0 Å². The molecule has 1 saturated carbocycles. The number of ether oxygens (including phenoxy) is 1. The summed E-state index contributed by atoms with van der Waals surface area (Å²) in [6, 6.07) is 13.9. The molecule has 2 aliphatic rings. The number of piperazine rings is 1. The van der Waals surface area contributed by atoms with Crippen molar-refractivity contribution in [3.8, 4) is 5.75 Å². The van der Waals surface area contributed by atoms with Crippen LogP contribution < -0.4 is 15.8 Å². The van der Waals surface area contributed by atoms with Crippen LogP contribution in [0.15, 0.2) is 48.5 Å². The van der Waals surface area contributed by atoms with Crippen molar-refractivity contribution in [2.24, 2.45) is 11.7 Å². The number of carbonyl (C=O) groups is 3. The summed E-state index contributed by atoms with van der Waals surface area (Å²) < 4.78 is 5.31. The van der Waals surface area contributed by atoms with Crippen LogP contribution in [0.25, 0.3) is 0 Å². The van der Waals surface area contributed by atoms with E-state index in [0.717, 1.165) is 37.0 Å². The average molecular weight is 493 g/mol. The molecule has 1 aliphatic carbocycles. The summed E-state index contributed by atoms with van der Waals surface area (Å²) in [6.07, 6.45) is 3.75. The molecule has 1 heterocycles. The molecule has 3 amide bonds. The van der Waals surface area contributed by atoms with E-state index in [9.17, 15) is 14.4 Å². The summed E-state index contributed by atoms with van der Waals surface area (Å²) in [5.41, 5.74) is 7.91. The Morgan fingerprint density at radius 1 is 1.00 bits per heavy atom. The van der Waals surface area contributed by atoms with Gasteiger partial charge in [0.05, 0.1) is 13.0 Å². The Kier molecular flexibility index (Phi) is 8.25. The highest BCUT2D eigenvalue weighted by Gasteiger charge is 2.38. The Morgan fingerprint density at radius 2 is 1.69 bits per heavy atom. The van der Waals surface area contributed by atoms with Crippen LogP contribution in [0.4, 0.5) is 0 Å². The van der Waals surface area contributed by atoms with Gasteiger partial charge in [-0.25, -0.2) is 0 Å². The molecule has 4 rings (SSSR count). The maximum absolute atomic E-state index is 13.4. The number of hydrogen-bond donors (Lipinski definition) is 2. The van der Waals surface area contributed by atoms with Crippen molar-refractivity contribution in [2.45, 2.75) is 44.7 Å². The maximum atomic E-state index is 13.4. The van der Waals surface area contributed by atoms with Crippen LogP contribution in [0.5, 0.6) is 5.75 Å². The van der Waals surface area contributed by atoms with Crippen molar-refractivity contribution in [3.63, 3.8) is 0 Å². The topological polar surface area (TPSA) is 105 Å². The fourth-order valence-corrected chi connectivity index (χ4v) is 5.52. The number of primary amides is 1. The molecule has 2 fully saturated rings. The van der Waals surface area contributed by atoms with Gasteiger partial charge in [0, 0.05) is 37.8 Å². The fourth-order valence-electron chi connectivity index (χ4n) is 5.52. The standard InChI is InChI=1S/C28H36N4O4/c1-19-18-21(12-13-24(19)36-2)28(35)32-16-14-31(15-17-32)23-11-7-6-10-22(23)27(34)30-25(26(29)33)20-8-4-3-5-9-20/h3-5,8-9,12-13,18,22-23,25H,6-7,10-11,14-17H2,1-2H3,(H2,29,33)(H,30,34)/t22-,23-,25+/m1/s1. The lowest BCUT2D eigenvalue weighted by molar-refractivity contribution is -0.133. The highest BCUT2D eigenvalue weighted by molar-refractivity contribution is 5.94. The van der Waals surface area contributed by atoms with Gasteiger partial charge >= 0.3 is 0 Å². The number of nitrogens with zero attached hydrogens (tertiary/aromatic N) is 2. The molecule has 0 aromatic heterocycles. The number of hydrogen-bond acceptors (Lipinski definition) is 5. The number of benzene rings is 2. The Balaban J connectivity index is 1.39. The summed E-state index contributed by atoms with van der Waals surface area (Å²) in [5.74, 6) is -0.118. The molecule has 3 atom stereocenters. The van der Waals surface area contributed by atoms with Gasteiger partial charge in [-0.3, -0.25) is 19.3 Å². The minimum Gasteiger partial charge on any atom is -0.496 e. The molecule has 0 spiro atoms. The monoisotopic (exact) mass is 492 g/mol. The average Bonchev–Trinajstić information content (AvgIpc) is 2.91. The molecule has 2 aromatic carbocycles. The third-order valence-electron chi connectivity index (χ3n) is 7.48. The van der Waals surface area contributed by atoms with Gasteiger partial charge in [0.1, 0.15) is 11.8 Å². The lowest BCUT2D eigenvalue weighted by atomic mass is 9.82. The van der Waals surface area contributed by atoms with E-state index in [0.29, 0.717) is 37.3 Å². The summed E-state index contributed by atoms with van der Waals surface area (Å²) in [6.45, 7) is 4.59. The van der Waals surface area contributed by atoms with Crippen molar-refractivity contribution >= 4 is 17.7 Å². The van der Waals surface area contributed by atoms with E-state index in [2.05, 4.69) is 10.2 Å². The molecule has 36 heavy (non-hydrogen) atoms. The van der Waals surface area contributed by atoms with Crippen molar-refractivity contribution in [1.82, 2.24) is 15.1 Å². The maximum Gasteiger partial charge on any atom is 0.253 e. The number of methoxy groups -OCH3 is 1. The molecule has 8 nitrogen and oxygen atoms in total. The summed E-state index contributed by atoms with van der Waals surface area (Å²) in [5, 5.41) is 2.92. The van der Waals surface area contributed by atoms with Crippen molar-refractivity contribution in [1.29, 1.82) is 0 Å². The molecule has 192 valence electrons. The second-order valence-electron chi connectivity index (χ2n) is 9.73. The van der Waals surface area contributed by atoms with Crippen molar-refractivity contribution in [2.75, 3.05) is 33.3 Å². The number of aryl methyl sites for hydroxylation is 1. The molecular formula is C28H36N4O4. The lowest BCUT2D eigenvalue weighted by Crippen LogP contribution is -2.56. The van der Waals surface area contributed by atoms with Crippen LogP contribution >= 0.6 is 0 Å². The number of nitrogens with two attached hydrogens (primary N) is 1. The second-order valence-corrected chi connectivity index (χ2v) is 9.73. The van der Waals surface area contributed by atoms with E-state index in [1.54, 1.807) is 19.2 Å². The first kappa shape index (κ1) is 25.7. The van der Waals surface area contributed by atoms with Gasteiger partial charge in [0.25, 0.3) is 5.91 Å². The molecule has 0 unspecified atom stereocenters. The van der Waals surface area contributed by atoms with E-state index in [1.165, 1.54) is 0 Å². The number of amides is 3. The molecule has 0 bridgehead atoms. The first-order chi connectivity index (χ1) is 17.4. The van der Waals surface area contributed by atoms with Gasteiger partial charge in [-0.05, 0) is 49.1 Å². The van der Waals surface area contributed by atoms with E-state index in [-0.39, 0.29) is 23.8 Å².